The summed E-state index contributed by atoms with van der Waals surface area (Å²) in [6.45, 7) is 3.52. The van der Waals surface area contributed by atoms with E-state index in [1.54, 1.807) is 11.3 Å². The third-order valence-electron chi connectivity index (χ3n) is 3.68. The number of hydrogen-bond donors (Lipinski definition) is 1. The molecule has 1 aliphatic carbocycles. The number of nitrogens with one attached hydrogen (secondary N) is 1. The van der Waals surface area contributed by atoms with Crippen molar-refractivity contribution >= 4 is 17.1 Å². The van der Waals surface area contributed by atoms with Crippen LogP contribution in [0.1, 0.15) is 28.6 Å². The smallest absolute Gasteiger partial charge is 0.168 e. The Hall–Kier alpha value is -0.710. The summed E-state index contributed by atoms with van der Waals surface area (Å²) in [5, 5.41) is 5.52. The summed E-state index contributed by atoms with van der Waals surface area (Å²) in [5.41, 5.74) is 0.950. The Kier molecular flexibility index (Phi) is 3.03. The van der Waals surface area contributed by atoms with E-state index in [1.807, 2.05) is 11.4 Å². The maximum absolute atomic E-state index is 12.4. The predicted molar refractivity (Wildman–Crippen MR) is 67.7 cm³/mol. The van der Waals surface area contributed by atoms with Crippen molar-refractivity contribution in [1.82, 2.24) is 5.32 Å². The Labute approximate surface area is 105 Å². The molecular formula is C13H17NO2S. The molecule has 92 valence electrons. The van der Waals surface area contributed by atoms with Crippen molar-refractivity contribution in [3.63, 3.8) is 0 Å². The standard InChI is InChI=1S/C13H17NO2S/c1-8-6-16-7-11(14-8)9-2-3-12-10(13(9)15)4-5-17-12/h4-5,8-9,11,14H,2-3,6-7H2,1H3. The molecule has 1 aromatic rings. The Balaban J connectivity index is 1.79. The maximum atomic E-state index is 12.4. The monoisotopic (exact) mass is 251 g/mol. The molecule has 3 atom stereocenters. The van der Waals surface area contributed by atoms with Crippen LogP contribution in [0.5, 0.6) is 0 Å². The average molecular weight is 251 g/mol. The van der Waals surface area contributed by atoms with Crippen LogP contribution in [0.25, 0.3) is 0 Å². The molecule has 3 unspecified atom stereocenters. The van der Waals surface area contributed by atoms with Crippen LogP contribution >= 0.6 is 11.3 Å². The van der Waals surface area contributed by atoms with Gasteiger partial charge >= 0.3 is 0 Å². The zero-order chi connectivity index (χ0) is 11.8. The first-order valence-electron chi connectivity index (χ1n) is 6.20. The molecule has 1 fully saturated rings. The number of ketones is 1. The molecule has 0 spiro atoms. The number of carbonyl (C=O) groups excluding carboxylic acids is 1. The molecule has 1 aromatic heterocycles. The number of Topliss-reactive ketones (excluding diaryl/α,β-unsaturated/α-hetero) is 1. The molecule has 0 radical (unpaired) electrons. The molecule has 0 aromatic carbocycles. The second-order valence-corrected chi connectivity index (χ2v) is 5.98. The second kappa shape index (κ2) is 4.52. The first-order valence-corrected chi connectivity index (χ1v) is 7.08. The zero-order valence-electron chi connectivity index (χ0n) is 9.94. The van der Waals surface area contributed by atoms with Crippen molar-refractivity contribution in [2.45, 2.75) is 31.8 Å². The van der Waals surface area contributed by atoms with Crippen molar-refractivity contribution in [1.29, 1.82) is 0 Å². The largest absolute Gasteiger partial charge is 0.378 e. The highest BCUT2D eigenvalue weighted by molar-refractivity contribution is 7.10. The van der Waals surface area contributed by atoms with E-state index in [4.69, 9.17) is 4.74 Å². The summed E-state index contributed by atoms with van der Waals surface area (Å²) in [4.78, 5) is 13.7. The van der Waals surface area contributed by atoms with Crippen LogP contribution < -0.4 is 5.32 Å². The lowest BCUT2D eigenvalue weighted by Crippen LogP contribution is -2.53. The second-order valence-electron chi connectivity index (χ2n) is 4.98. The van der Waals surface area contributed by atoms with E-state index >= 15 is 0 Å². The molecule has 3 rings (SSSR count). The molecule has 1 saturated heterocycles. The molecule has 1 aliphatic heterocycles. The van der Waals surface area contributed by atoms with Crippen molar-refractivity contribution < 1.29 is 9.53 Å². The van der Waals surface area contributed by atoms with Gasteiger partial charge in [0.25, 0.3) is 0 Å². The van der Waals surface area contributed by atoms with Gasteiger partial charge in [0.05, 0.1) is 13.2 Å². The summed E-state index contributed by atoms with van der Waals surface area (Å²) in [6, 6.07) is 2.52. The Bertz CT molecular complexity index is 429. The van der Waals surface area contributed by atoms with Crippen LogP contribution in [0, 0.1) is 5.92 Å². The van der Waals surface area contributed by atoms with Gasteiger partial charge in [0.15, 0.2) is 5.78 Å². The summed E-state index contributed by atoms with van der Waals surface area (Å²) >= 11 is 1.71. The Morgan fingerprint density at radius 2 is 2.35 bits per heavy atom. The van der Waals surface area contributed by atoms with Gasteiger partial charge in [-0.15, -0.1) is 11.3 Å². The molecule has 0 saturated carbocycles. The van der Waals surface area contributed by atoms with E-state index < -0.39 is 0 Å². The van der Waals surface area contributed by atoms with E-state index in [0.29, 0.717) is 18.4 Å². The number of hydrogen-bond acceptors (Lipinski definition) is 4. The van der Waals surface area contributed by atoms with Gasteiger partial charge in [0.2, 0.25) is 0 Å². The highest BCUT2D eigenvalue weighted by atomic mass is 32.1. The van der Waals surface area contributed by atoms with Gasteiger partial charge < -0.3 is 10.1 Å². The molecule has 2 aliphatic rings. The number of carbonyl (C=O) groups is 1. The van der Waals surface area contributed by atoms with E-state index in [-0.39, 0.29) is 12.0 Å². The van der Waals surface area contributed by atoms with Crippen molar-refractivity contribution in [3.8, 4) is 0 Å². The average Bonchev–Trinajstić information content (AvgIpc) is 2.78. The number of ether oxygens (including phenoxy) is 1. The summed E-state index contributed by atoms with van der Waals surface area (Å²) in [6.07, 6.45) is 2.00. The number of thiophene rings is 1. The van der Waals surface area contributed by atoms with Gasteiger partial charge in [-0.05, 0) is 31.2 Å². The van der Waals surface area contributed by atoms with E-state index in [9.17, 15) is 4.79 Å². The van der Waals surface area contributed by atoms with Crippen LogP contribution in [0.4, 0.5) is 0 Å². The minimum atomic E-state index is 0.0971. The molecule has 0 bridgehead atoms. The van der Waals surface area contributed by atoms with Gasteiger partial charge in [-0.1, -0.05) is 0 Å². The lowest BCUT2D eigenvalue weighted by molar-refractivity contribution is 0.0287. The summed E-state index contributed by atoms with van der Waals surface area (Å²) < 4.78 is 5.55. The molecule has 0 amide bonds. The summed E-state index contributed by atoms with van der Waals surface area (Å²) in [7, 11) is 0. The minimum Gasteiger partial charge on any atom is -0.378 e. The molecule has 3 nitrogen and oxygen atoms in total. The van der Waals surface area contributed by atoms with E-state index in [0.717, 1.165) is 25.0 Å². The zero-order valence-corrected chi connectivity index (χ0v) is 10.8. The topological polar surface area (TPSA) is 38.3 Å². The van der Waals surface area contributed by atoms with Gasteiger partial charge in [-0.2, -0.15) is 0 Å². The van der Waals surface area contributed by atoms with Crippen LogP contribution in [0.2, 0.25) is 0 Å². The van der Waals surface area contributed by atoms with Gasteiger partial charge in [0, 0.05) is 28.4 Å². The van der Waals surface area contributed by atoms with Gasteiger partial charge in [0.1, 0.15) is 0 Å². The highest BCUT2D eigenvalue weighted by Crippen LogP contribution is 2.31. The summed E-state index contributed by atoms with van der Waals surface area (Å²) in [5.74, 6) is 0.405. The predicted octanol–water partition coefficient (Wildman–Crippen LogP) is 1.87. The lowest BCUT2D eigenvalue weighted by atomic mass is 9.82. The fourth-order valence-electron chi connectivity index (χ4n) is 2.82. The number of morpholine rings is 1. The maximum Gasteiger partial charge on any atom is 0.168 e. The third kappa shape index (κ3) is 2.05. The first-order chi connectivity index (χ1) is 8.25. The quantitative estimate of drug-likeness (QED) is 0.828. The number of rotatable bonds is 1. The van der Waals surface area contributed by atoms with Crippen molar-refractivity contribution in [3.05, 3.63) is 21.9 Å². The first kappa shape index (κ1) is 11.4. The normalized spacial score (nSPS) is 33.5. The minimum absolute atomic E-state index is 0.0971. The van der Waals surface area contributed by atoms with Crippen molar-refractivity contribution in [2.24, 2.45) is 5.92 Å². The van der Waals surface area contributed by atoms with Crippen LogP contribution in [0.15, 0.2) is 11.4 Å². The fourth-order valence-corrected chi connectivity index (χ4v) is 3.72. The Morgan fingerprint density at radius 1 is 1.47 bits per heavy atom. The van der Waals surface area contributed by atoms with E-state index in [2.05, 4.69) is 12.2 Å². The van der Waals surface area contributed by atoms with Crippen LogP contribution in [-0.4, -0.2) is 31.1 Å². The molecule has 2 heterocycles. The number of aryl methyl sites for hydroxylation is 1. The molecule has 17 heavy (non-hydrogen) atoms. The SMILES string of the molecule is CC1COCC(C2CCc3sccc3C2=O)N1. The van der Waals surface area contributed by atoms with E-state index in [1.165, 1.54) is 4.88 Å². The van der Waals surface area contributed by atoms with Crippen LogP contribution in [0.3, 0.4) is 0 Å². The Morgan fingerprint density at radius 3 is 3.18 bits per heavy atom. The molecule has 1 N–H and O–H groups in total. The van der Waals surface area contributed by atoms with Crippen molar-refractivity contribution in [2.75, 3.05) is 13.2 Å². The van der Waals surface area contributed by atoms with Gasteiger partial charge in [-0.3, -0.25) is 4.79 Å². The molecular weight excluding hydrogens is 234 g/mol. The van der Waals surface area contributed by atoms with Crippen LogP contribution in [-0.2, 0) is 11.2 Å². The molecule has 4 heteroatoms. The lowest BCUT2D eigenvalue weighted by Gasteiger charge is -2.35. The number of fused-ring (bicyclic) bond motifs is 1. The third-order valence-corrected chi connectivity index (χ3v) is 4.66. The van der Waals surface area contributed by atoms with Gasteiger partial charge in [-0.25, -0.2) is 0 Å². The fraction of sp³-hybridized carbons (Fsp3) is 0.615. The highest BCUT2D eigenvalue weighted by Gasteiger charge is 2.36.